The smallest absolute Gasteiger partial charge is 0.0368 e. The van der Waals surface area contributed by atoms with Crippen molar-refractivity contribution in [2.24, 2.45) is 5.92 Å². The van der Waals surface area contributed by atoms with E-state index in [1.807, 2.05) is 0 Å². The molecule has 2 bridgehead atoms. The summed E-state index contributed by atoms with van der Waals surface area (Å²) in [6.07, 6.45) is 8.57. The third kappa shape index (κ3) is 1.84. The molecule has 2 atom stereocenters. The molecule has 0 aromatic rings. The van der Waals surface area contributed by atoms with Crippen LogP contribution < -0.4 is 0 Å². The molecule has 2 heteroatoms. The molecule has 98 valence electrons. The van der Waals surface area contributed by atoms with Crippen molar-refractivity contribution in [2.45, 2.75) is 64.0 Å². The van der Waals surface area contributed by atoms with Crippen LogP contribution >= 0.6 is 0 Å². The third-order valence-corrected chi connectivity index (χ3v) is 5.66. The normalized spacial score (nSPS) is 43.4. The fourth-order valence-corrected chi connectivity index (χ4v) is 4.91. The van der Waals surface area contributed by atoms with Gasteiger partial charge in [-0.05, 0) is 64.6 Å². The number of hydrogen-bond acceptors (Lipinski definition) is 2. The zero-order valence-corrected chi connectivity index (χ0v) is 11.6. The SMILES string of the molecule is CCCC(C)N1CCCC12CN1CCC2CC1. The summed E-state index contributed by atoms with van der Waals surface area (Å²) in [4.78, 5) is 5.64. The quantitative estimate of drug-likeness (QED) is 0.743. The van der Waals surface area contributed by atoms with E-state index in [4.69, 9.17) is 0 Å². The third-order valence-electron chi connectivity index (χ3n) is 5.66. The van der Waals surface area contributed by atoms with Crippen LogP contribution in [0.3, 0.4) is 0 Å². The Morgan fingerprint density at radius 2 is 2.00 bits per heavy atom. The number of nitrogens with zero attached hydrogens (tertiary/aromatic N) is 2. The summed E-state index contributed by atoms with van der Waals surface area (Å²) in [6.45, 7) is 10.3. The number of likely N-dealkylation sites (tertiary alicyclic amines) is 1. The van der Waals surface area contributed by atoms with Crippen LogP contribution in [0.5, 0.6) is 0 Å². The maximum Gasteiger partial charge on any atom is 0.0368 e. The molecule has 4 rings (SSSR count). The molecule has 0 radical (unpaired) electrons. The number of rotatable bonds is 3. The molecule has 0 aromatic carbocycles. The molecule has 2 unspecified atom stereocenters. The van der Waals surface area contributed by atoms with Crippen molar-refractivity contribution in [1.29, 1.82) is 0 Å². The summed E-state index contributed by atoms with van der Waals surface area (Å²) in [5.41, 5.74) is 0.588. The zero-order valence-electron chi connectivity index (χ0n) is 11.6. The van der Waals surface area contributed by atoms with Crippen molar-refractivity contribution in [3.63, 3.8) is 0 Å². The lowest BCUT2D eigenvalue weighted by Gasteiger charge is -2.57. The van der Waals surface area contributed by atoms with Crippen LogP contribution in [-0.2, 0) is 0 Å². The van der Waals surface area contributed by atoms with Crippen LogP contribution in [0.1, 0.15) is 52.4 Å². The minimum Gasteiger partial charge on any atom is -0.301 e. The van der Waals surface area contributed by atoms with Gasteiger partial charge in [-0.25, -0.2) is 0 Å². The molecule has 1 spiro atoms. The first kappa shape index (κ1) is 12.0. The van der Waals surface area contributed by atoms with Crippen molar-refractivity contribution in [3.8, 4) is 0 Å². The van der Waals surface area contributed by atoms with Crippen LogP contribution in [0.15, 0.2) is 0 Å². The Morgan fingerprint density at radius 1 is 1.24 bits per heavy atom. The molecule has 4 saturated heterocycles. The molecule has 0 aliphatic carbocycles. The van der Waals surface area contributed by atoms with Gasteiger partial charge in [0.05, 0.1) is 0 Å². The van der Waals surface area contributed by atoms with Crippen molar-refractivity contribution in [1.82, 2.24) is 9.80 Å². The van der Waals surface area contributed by atoms with Gasteiger partial charge < -0.3 is 4.90 Å². The molecule has 0 aromatic heterocycles. The van der Waals surface area contributed by atoms with Crippen molar-refractivity contribution in [2.75, 3.05) is 26.2 Å². The van der Waals surface area contributed by atoms with E-state index in [9.17, 15) is 0 Å². The Labute approximate surface area is 106 Å². The molecule has 4 fully saturated rings. The summed E-state index contributed by atoms with van der Waals surface area (Å²) in [5.74, 6) is 1.01. The molecule has 0 saturated carbocycles. The van der Waals surface area contributed by atoms with E-state index in [-0.39, 0.29) is 0 Å². The van der Waals surface area contributed by atoms with Crippen LogP contribution in [0.4, 0.5) is 0 Å². The van der Waals surface area contributed by atoms with E-state index in [0.29, 0.717) is 5.54 Å². The van der Waals surface area contributed by atoms with Gasteiger partial charge in [0.1, 0.15) is 0 Å². The first-order chi connectivity index (χ1) is 8.26. The van der Waals surface area contributed by atoms with Crippen LogP contribution in [-0.4, -0.2) is 47.6 Å². The molecular weight excluding hydrogens is 208 g/mol. The second-order valence-corrected chi connectivity index (χ2v) is 6.59. The monoisotopic (exact) mass is 236 g/mol. The van der Waals surface area contributed by atoms with Crippen molar-refractivity contribution >= 4 is 0 Å². The van der Waals surface area contributed by atoms with E-state index in [1.165, 1.54) is 64.7 Å². The fourth-order valence-electron chi connectivity index (χ4n) is 4.91. The largest absolute Gasteiger partial charge is 0.301 e. The van der Waals surface area contributed by atoms with E-state index in [0.717, 1.165) is 12.0 Å². The summed E-state index contributed by atoms with van der Waals surface area (Å²) >= 11 is 0. The molecule has 0 amide bonds. The fraction of sp³-hybridized carbons (Fsp3) is 1.00. The Hall–Kier alpha value is -0.0800. The van der Waals surface area contributed by atoms with Gasteiger partial charge in [0.15, 0.2) is 0 Å². The van der Waals surface area contributed by atoms with Gasteiger partial charge in [0, 0.05) is 18.1 Å². The van der Waals surface area contributed by atoms with Gasteiger partial charge in [-0.1, -0.05) is 13.3 Å². The van der Waals surface area contributed by atoms with Gasteiger partial charge in [0.2, 0.25) is 0 Å². The topological polar surface area (TPSA) is 6.48 Å². The van der Waals surface area contributed by atoms with Crippen LogP contribution in [0, 0.1) is 5.92 Å². The lowest BCUT2D eigenvalue weighted by atomic mass is 9.71. The first-order valence-electron chi connectivity index (χ1n) is 7.75. The highest BCUT2D eigenvalue weighted by molar-refractivity contribution is 5.09. The molecule has 17 heavy (non-hydrogen) atoms. The minimum atomic E-state index is 0.588. The van der Waals surface area contributed by atoms with E-state index in [1.54, 1.807) is 0 Å². The molecule has 2 nitrogen and oxygen atoms in total. The Balaban J connectivity index is 1.80. The number of fused-ring (bicyclic) bond motifs is 2. The predicted molar refractivity (Wildman–Crippen MR) is 72.2 cm³/mol. The summed E-state index contributed by atoms with van der Waals surface area (Å²) in [6, 6.07) is 0.808. The van der Waals surface area contributed by atoms with Crippen molar-refractivity contribution < 1.29 is 0 Å². The van der Waals surface area contributed by atoms with Gasteiger partial charge in [0.25, 0.3) is 0 Å². The standard InChI is InChI=1S/C15H28N2/c1-3-5-13(2)17-9-4-8-15(17)12-16-10-6-14(15)7-11-16/h13-14H,3-12H2,1-2H3. The average molecular weight is 236 g/mol. The summed E-state index contributed by atoms with van der Waals surface area (Å²) in [7, 11) is 0. The Morgan fingerprint density at radius 3 is 2.59 bits per heavy atom. The minimum absolute atomic E-state index is 0.588. The summed E-state index contributed by atoms with van der Waals surface area (Å²) < 4.78 is 0. The molecule has 4 aliphatic rings. The molecule has 4 aliphatic heterocycles. The maximum absolute atomic E-state index is 2.91. The van der Waals surface area contributed by atoms with Gasteiger partial charge in [-0.15, -0.1) is 0 Å². The first-order valence-corrected chi connectivity index (χ1v) is 7.75. The Bertz CT molecular complexity index is 270. The maximum atomic E-state index is 2.91. The van der Waals surface area contributed by atoms with E-state index < -0.39 is 0 Å². The highest BCUT2D eigenvalue weighted by Crippen LogP contribution is 2.47. The number of piperidine rings is 3. The van der Waals surface area contributed by atoms with E-state index in [2.05, 4.69) is 23.6 Å². The van der Waals surface area contributed by atoms with Gasteiger partial charge in [-0.2, -0.15) is 0 Å². The molecule has 4 heterocycles. The van der Waals surface area contributed by atoms with Crippen molar-refractivity contribution in [3.05, 3.63) is 0 Å². The zero-order chi connectivity index (χ0) is 11.9. The predicted octanol–water partition coefficient (Wildman–Crippen LogP) is 2.74. The summed E-state index contributed by atoms with van der Waals surface area (Å²) in [5, 5.41) is 0. The highest BCUT2D eigenvalue weighted by atomic mass is 15.3. The lowest BCUT2D eigenvalue weighted by Crippen LogP contribution is -2.66. The lowest BCUT2D eigenvalue weighted by molar-refractivity contribution is -0.0661. The second kappa shape index (κ2) is 4.55. The van der Waals surface area contributed by atoms with Gasteiger partial charge in [-0.3, -0.25) is 4.90 Å². The molecule has 0 N–H and O–H groups in total. The Kier molecular flexibility index (Phi) is 3.20. The van der Waals surface area contributed by atoms with Crippen LogP contribution in [0.25, 0.3) is 0 Å². The van der Waals surface area contributed by atoms with Gasteiger partial charge >= 0.3 is 0 Å². The second-order valence-electron chi connectivity index (χ2n) is 6.59. The van der Waals surface area contributed by atoms with E-state index >= 15 is 0 Å². The number of hydrogen-bond donors (Lipinski definition) is 0. The van der Waals surface area contributed by atoms with Crippen LogP contribution in [0.2, 0.25) is 0 Å². The molecular formula is C15H28N2. The average Bonchev–Trinajstić information content (AvgIpc) is 2.74. The highest BCUT2D eigenvalue weighted by Gasteiger charge is 2.53.